The number of carbonyl (C=O) groups is 1. The molecule has 0 aliphatic carbocycles. The lowest BCUT2D eigenvalue weighted by Crippen LogP contribution is -2.24. The lowest BCUT2D eigenvalue weighted by atomic mass is 9.97. The van der Waals surface area contributed by atoms with E-state index in [2.05, 4.69) is 5.10 Å². The monoisotopic (exact) mass is 256 g/mol. The molecule has 6 heteroatoms. The minimum absolute atomic E-state index is 0.283. The summed E-state index contributed by atoms with van der Waals surface area (Å²) in [6.45, 7) is 0. The van der Waals surface area contributed by atoms with Gasteiger partial charge in [0.25, 0.3) is 0 Å². The van der Waals surface area contributed by atoms with E-state index in [-0.39, 0.29) is 11.5 Å². The fourth-order valence-electron chi connectivity index (χ4n) is 2.19. The first kappa shape index (κ1) is 12.3. The van der Waals surface area contributed by atoms with Gasteiger partial charge in [0.2, 0.25) is 0 Å². The smallest absolute Gasteiger partial charge is 0.168 e. The van der Waals surface area contributed by atoms with Crippen LogP contribution in [-0.2, 0) is 23.3 Å². The summed E-state index contributed by atoms with van der Waals surface area (Å²) in [4.78, 5) is 10.7. The van der Waals surface area contributed by atoms with E-state index in [0.29, 0.717) is 24.5 Å². The largest absolute Gasteiger partial charge is 0.296 e. The Hall–Kier alpha value is -1.17. The molecule has 5 nitrogen and oxygen atoms in total. The summed E-state index contributed by atoms with van der Waals surface area (Å²) in [5.74, 6) is 0.934. The van der Waals surface area contributed by atoms with Crippen molar-refractivity contribution in [2.75, 3.05) is 11.5 Å². The van der Waals surface area contributed by atoms with Crippen LogP contribution in [0.5, 0.6) is 0 Å². The predicted octanol–water partition coefficient (Wildman–Crippen LogP) is 0.600. The molecule has 1 aromatic rings. The molecule has 2 rings (SSSR count). The van der Waals surface area contributed by atoms with Crippen molar-refractivity contribution in [3.8, 4) is 0 Å². The molecule has 1 aliphatic heterocycles. The van der Waals surface area contributed by atoms with Crippen LogP contribution in [0.2, 0.25) is 0 Å². The van der Waals surface area contributed by atoms with E-state index in [1.54, 1.807) is 17.8 Å². The van der Waals surface area contributed by atoms with Crippen molar-refractivity contribution in [2.45, 2.75) is 19.3 Å². The summed E-state index contributed by atoms with van der Waals surface area (Å²) >= 11 is 0. The summed E-state index contributed by atoms with van der Waals surface area (Å²) in [6, 6.07) is 1.77. The molecule has 0 spiro atoms. The maximum atomic E-state index is 11.3. The highest BCUT2D eigenvalue weighted by Gasteiger charge is 2.24. The molecule has 0 bridgehead atoms. The molecule has 1 fully saturated rings. The van der Waals surface area contributed by atoms with Gasteiger partial charge in [-0.15, -0.1) is 0 Å². The number of hydrogen-bond donors (Lipinski definition) is 0. The summed E-state index contributed by atoms with van der Waals surface area (Å²) < 4.78 is 24.1. The van der Waals surface area contributed by atoms with Crippen molar-refractivity contribution < 1.29 is 13.2 Å². The van der Waals surface area contributed by atoms with Crippen LogP contribution in [0.15, 0.2) is 6.07 Å². The average molecular weight is 256 g/mol. The third kappa shape index (κ3) is 2.94. The third-order valence-electron chi connectivity index (χ3n) is 3.26. The van der Waals surface area contributed by atoms with Crippen LogP contribution in [-0.4, -0.2) is 36.0 Å². The molecule has 0 amide bonds. The lowest BCUT2D eigenvalue weighted by molar-refractivity contribution is 0.111. The molecule has 17 heavy (non-hydrogen) atoms. The van der Waals surface area contributed by atoms with Crippen LogP contribution in [0.3, 0.4) is 0 Å². The molecule has 0 N–H and O–H groups in total. The highest BCUT2D eigenvalue weighted by atomic mass is 32.2. The SMILES string of the molecule is Cn1nc(CC2CCS(=O)(=O)CC2)cc1C=O. The van der Waals surface area contributed by atoms with Gasteiger partial charge in [-0.3, -0.25) is 9.48 Å². The molecule has 0 aromatic carbocycles. The van der Waals surface area contributed by atoms with Crippen molar-refractivity contribution in [3.63, 3.8) is 0 Å². The van der Waals surface area contributed by atoms with Gasteiger partial charge >= 0.3 is 0 Å². The number of carbonyl (C=O) groups excluding carboxylic acids is 1. The fraction of sp³-hybridized carbons (Fsp3) is 0.636. The Balaban J connectivity index is 2.00. The van der Waals surface area contributed by atoms with E-state index in [1.807, 2.05) is 0 Å². The minimum Gasteiger partial charge on any atom is -0.296 e. The molecule has 0 radical (unpaired) electrons. The predicted molar refractivity (Wildman–Crippen MR) is 63.7 cm³/mol. The zero-order valence-electron chi connectivity index (χ0n) is 9.80. The zero-order chi connectivity index (χ0) is 12.5. The van der Waals surface area contributed by atoms with Crippen LogP contribution in [0, 0.1) is 5.92 Å². The highest BCUT2D eigenvalue weighted by molar-refractivity contribution is 7.91. The fourth-order valence-corrected chi connectivity index (χ4v) is 3.78. The van der Waals surface area contributed by atoms with Gasteiger partial charge in [0.05, 0.1) is 17.2 Å². The Bertz CT molecular complexity index is 505. The van der Waals surface area contributed by atoms with Gasteiger partial charge in [-0.05, 0) is 31.2 Å². The summed E-state index contributed by atoms with van der Waals surface area (Å²) in [5.41, 5.74) is 1.43. The van der Waals surface area contributed by atoms with E-state index >= 15 is 0 Å². The molecule has 0 saturated carbocycles. The number of sulfone groups is 1. The number of aldehydes is 1. The van der Waals surface area contributed by atoms with Crippen molar-refractivity contribution >= 4 is 16.1 Å². The normalized spacial score (nSPS) is 20.3. The number of rotatable bonds is 3. The minimum atomic E-state index is -2.80. The van der Waals surface area contributed by atoms with E-state index in [0.717, 1.165) is 18.4 Å². The molecule has 2 heterocycles. The first-order valence-electron chi connectivity index (χ1n) is 5.69. The second kappa shape index (κ2) is 4.60. The first-order valence-corrected chi connectivity index (χ1v) is 7.51. The highest BCUT2D eigenvalue weighted by Crippen LogP contribution is 2.22. The molecular weight excluding hydrogens is 240 g/mol. The average Bonchev–Trinajstić information content (AvgIpc) is 2.62. The van der Waals surface area contributed by atoms with Gasteiger partial charge in [0, 0.05) is 7.05 Å². The van der Waals surface area contributed by atoms with Gasteiger partial charge in [-0.1, -0.05) is 0 Å². The quantitative estimate of drug-likeness (QED) is 0.743. The summed E-state index contributed by atoms with van der Waals surface area (Å²) in [7, 11) is -1.06. The Morgan fingerprint density at radius 2 is 2.12 bits per heavy atom. The van der Waals surface area contributed by atoms with Crippen LogP contribution >= 0.6 is 0 Å². The molecule has 1 saturated heterocycles. The third-order valence-corrected chi connectivity index (χ3v) is 4.97. The van der Waals surface area contributed by atoms with Crippen molar-refractivity contribution in [1.82, 2.24) is 9.78 Å². The molecule has 1 aliphatic rings. The lowest BCUT2D eigenvalue weighted by Gasteiger charge is -2.20. The number of aryl methyl sites for hydroxylation is 1. The molecule has 0 atom stereocenters. The maximum Gasteiger partial charge on any atom is 0.168 e. The van der Waals surface area contributed by atoms with Gasteiger partial charge < -0.3 is 0 Å². The van der Waals surface area contributed by atoms with Gasteiger partial charge in [0.15, 0.2) is 6.29 Å². The first-order chi connectivity index (χ1) is 8.00. The number of hydrogen-bond acceptors (Lipinski definition) is 4. The van der Waals surface area contributed by atoms with Crippen LogP contribution < -0.4 is 0 Å². The van der Waals surface area contributed by atoms with Gasteiger partial charge in [-0.2, -0.15) is 5.10 Å². The summed E-state index contributed by atoms with van der Waals surface area (Å²) in [6.07, 6.45) is 2.95. The second-order valence-electron chi connectivity index (χ2n) is 4.60. The van der Waals surface area contributed by atoms with Crippen molar-refractivity contribution in [2.24, 2.45) is 13.0 Å². The van der Waals surface area contributed by atoms with E-state index in [1.165, 1.54) is 0 Å². The summed E-state index contributed by atoms with van der Waals surface area (Å²) in [5, 5.41) is 4.25. The van der Waals surface area contributed by atoms with E-state index in [9.17, 15) is 13.2 Å². The van der Waals surface area contributed by atoms with Gasteiger partial charge in [0.1, 0.15) is 15.5 Å². The number of aromatic nitrogens is 2. The standard InChI is InChI=1S/C11H16N2O3S/c1-13-11(8-14)7-10(12-13)6-9-2-4-17(15,16)5-3-9/h7-9H,2-6H2,1H3. The van der Waals surface area contributed by atoms with E-state index < -0.39 is 9.84 Å². The van der Waals surface area contributed by atoms with Crippen LogP contribution in [0.1, 0.15) is 29.0 Å². The Labute approximate surface area is 101 Å². The molecule has 1 aromatic heterocycles. The van der Waals surface area contributed by atoms with Gasteiger partial charge in [-0.25, -0.2) is 8.42 Å². The number of nitrogens with zero attached hydrogens (tertiary/aromatic N) is 2. The maximum absolute atomic E-state index is 11.3. The molecule has 0 unspecified atom stereocenters. The van der Waals surface area contributed by atoms with Crippen LogP contribution in [0.4, 0.5) is 0 Å². The van der Waals surface area contributed by atoms with Crippen molar-refractivity contribution in [3.05, 3.63) is 17.5 Å². The topological polar surface area (TPSA) is 69.0 Å². The Morgan fingerprint density at radius 3 is 2.65 bits per heavy atom. The molecular formula is C11H16N2O3S. The zero-order valence-corrected chi connectivity index (χ0v) is 10.6. The van der Waals surface area contributed by atoms with Crippen molar-refractivity contribution in [1.29, 1.82) is 0 Å². The van der Waals surface area contributed by atoms with Crippen LogP contribution in [0.25, 0.3) is 0 Å². The Kier molecular flexibility index (Phi) is 3.33. The Morgan fingerprint density at radius 1 is 1.47 bits per heavy atom. The van der Waals surface area contributed by atoms with E-state index in [4.69, 9.17) is 0 Å². The molecule has 94 valence electrons. The second-order valence-corrected chi connectivity index (χ2v) is 6.90.